The van der Waals surface area contributed by atoms with Gasteiger partial charge in [-0.1, -0.05) is 48.5 Å². The third-order valence-electron chi connectivity index (χ3n) is 2.86. The molecule has 0 aliphatic rings. The Labute approximate surface area is 100.0 Å². The fourth-order valence-electron chi connectivity index (χ4n) is 2.07. The van der Waals surface area contributed by atoms with Crippen molar-refractivity contribution in [1.29, 1.82) is 0 Å². The molecule has 3 rings (SSSR count). The molecule has 0 bridgehead atoms. The quantitative estimate of drug-likeness (QED) is 0.655. The standard InChI is InChI=1S/C16H11O/c17-14-8-3-7-13(11-14)16-10-4-6-12-5-1-2-9-15(12)16/h1-6,8-11,17H. The zero-order valence-corrected chi connectivity index (χ0v) is 9.22. The molecule has 0 fully saturated rings. The van der Waals surface area contributed by atoms with E-state index < -0.39 is 0 Å². The van der Waals surface area contributed by atoms with Crippen molar-refractivity contribution in [3.8, 4) is 16.9 Å². The van der Waals surface area contributed by atoms with E-state index >= 15 is 0 Å². The number of fused-ring (bicyclic) bond motifs is 1. The Kier molecular flexibility index (Phi) is 2.30. The van der Waals surface area contributed by atoms with Crippen molar-refractivity contribution in [2.24, 2.45) is 0 Å². The summed E-state index contributed by atoms with van der Waals surface area (Å²) in [5, 5.41) is 11.9. The largest absolute Gasteiger partial charge is 0.508 e. The third-order valence-corrected chi connectivity index (χ3v) is 2.86. The molecule has 17 heavy (non-hydrogen) atoms. The number of rotatable bonds is 1. The van der Waals surface area contributed by atoms with Gasteiger partial charge in [-0.3, -0.25) is 0 Å². The van der Waals surface area contributed by atoms with Crippen molar-refractivity contribution < 1.29 is 5.11 Å². The molecule has 0 saturated carbocycles. The van der Waals surface area contributed by atoms with Crippen LogP contribution in [0.4, 0.5) is 0 Å². The van der Waals surface area contributed by atoms with Crippen molar-refractivity contribution in [3.05, 3.63) is 66.7 Å². The van der Waals surface area contributed by atoms with Crippen molar-refractivity contribution in [2.75, 3.05) is 0 Å². The van der Waals surface area contributed by atoms with Crippen LogP contribution in [0.3, 0.4) is 0 Å². The molecule has 0 saturated heterocycles. The van der Waals surface area contributed by atoms with Gasteiger partial charge in [0.2, 0.25) is 0 Å². The molecule has 3 aromatic rings. The van der Waals surface area contributed by atoms with Gasteiger partial charge in [0.25, 0.3) is 0 Å². The maximum absolute atomic E-state index is 9.53. The fourth-order valence-corrected chi connectivity index (χ4v) is 2.07. The van der Waals surface area contributed by atoms with Crippen molar-refractivity contribution >= 4 is 10.8 Å². The normalized spacial score (nSPS) is 10.6. The van der Waals surface area contributed by atoms with Crippen LogP contribution >= 0.6 is 0 Å². The lowest BCUT2D eigenvalue weighted by atomic mass is 9.98. The Morgan fingerprint density at radius 2 is 1.71 bits per heavy atom. The predicted octanol–water partition coefficient (Wildman–Crippen LogP) is 4.01. The second kappa shape index (κ2) is 3.95. The first-order valence-electron chi connectivity index (χ1n) is 5.53. The highest BCUT2D eigenvalue weighted by molar-refractivity contribution is 5.96. The van der Waals surface area contributed by atoms with Crippen LogP contribution in [-0.4, -0.2) is 5.11 Å². The van der Waals surface area contributed by atoms with Crippen molar-refractivity contribution in [3.63, 3.8) is 0 Å². The average molecular weight is 219 g/mol. The summed E-state index contributed by atoms with van der Waals surface area (Å²) >= 11 is 0. The van der Waals surface area contributed by atoms with Gasteiger partial charge in [-0.15, -0.1) is 0 Å². The SMILES string of the molecule is Oc1cc[c]c(-c2cccc3ccccc23)c1. The van der Waals surface area contributed by atoms with Crippen LogP contribution < -0.4 is 0 Å². The van der Waals surface area contributed by atoms with Crippen molar-refractivity contribution in [2.45, 2.75) is 0 Å². The molecule has 1 radical (unpaired) electrons. The molecule has 0 amide bonds. The zero-order valence-electron chi connectivity index (χ0n) is 9.22. The van der Waals surface area contributed by atoms with Crippen LogP contribution in [0.15, 0.2) is 60.7 Å². The molecule has 0 spiro atoms. The van der Waals surface area contributed by atoms with Gasteiger partial charge in [-0.05, 0) is 40.1 Å². The third kappa shape index (κ3) is 1.76. The first-order chi connectivity index (χ1) is 8.34. The predicted molar refractivity (Wildman–Crippen MR) is 69.9 cm³/mol. The molecule has 0 unspecified atom stereocenters. The van der Waals surface area contributed by atoms with E-state index in [0.717, 1.165) is 11.1 Å². The maximum atomic E-state index is 9.53. The highest BCUT2D eigenvalue weighted by Crippen LogP contribution is 2.29. The van der Waals surface area contributed by atoms with E-state index in [9.17, 15) is 5.11 Å². The van der Waals surface area contributed by atoms with Crippen molar-refractivity contribution in [1.82, 2.24) is 0 Å². The summed E-state index contributed by atoms with van der Waals surface area (Å²) in [6.07, 6.45) is 0. The average Bonchev–Trinajstić information content (AvgIpc) is 2.38. The summed E-state index contributed by atoms with van der Waals surface area (Å²) in [6.45, 7) is 0. The minimum atomic E-state index is 0.270. The van der Waals surface area contributed by atoms with E-state index in [-0.39, 0.29) is 5.75 Å². The topological polar surface area (TPSA) is 20.2 Å². The van der Waals surface area contributed by atoms with Gasteiger partial charge in [0, 0.05) is 0 Å². The van der Waals surface area contributed by atoms with Gasteiger partial charge in [0.1, 0.15) is 5.75 Å². The lowest BCUT2D eigenvalue weighted by molar-refractivity contribution is 0.475. The summed E-state index contributed by atoms with van der Waals surface area (Å²) in [5.74, 6) is 0.270. The van der Waals surface area contributed by atoms with E-state index in [1.807, 2.05) is 24.3 Å². The van der Waals surface area contributed by atoms with Crippen LogP contribution in [0, 0.1) is 6.07 Å². The van der Waals surface area contributed by atoms with Crippen LogP contribution in [0.25, 0.3) is 21.9 Å². The van der Waals surface area contributed by atoms with E-state index in [1.54, 1.807) is 18.2 Å². The Bertz CT molecular complexity index is 666. The smallest absolute Gasteiger partial charge is 0.116 e. The minimum absolute atomic E-state index is 0.270. The second-order valence-corrected chi connectivity index (χ2v) is 3.99. The maximum Gasteiger partial charge on any atom is 0.116 e. The first kappa shape index (κ1) is 9.91. The van der Waals surface area contributed by atoms with Gasteiger partial charge < -0.3 is 5.11 Å². The van der Waals surface area contributed by atoms with Crippen LogP contribution in [0.1, 0.15) is 0 Å². The van der Waals surface area contributed by atoms with E-state index in [1.165, 1.54) is 10.8 Å². The summed E-state index contributed by atoms with van der Waals surface area (Å²) in [4.78, 5) is 0. The second-order valence-electron chi connectivity index (χ2n) is 3.99. The van der Waals surface area contributed by atoms with E-state index in [4.69, 9.17) is 0 Å². The number of phenols is 1. The first-order valence-corrected chi connectivity index (χ1v) is 5.53. The Morgan fingerprint density at radius 3 is 2.59 bits per heavy atom. The molecule has 0 atom stereocenters. The van der Waals surface area contributed by atoms with Crippen LogP contribution in [0.2, 0.25) is 0 Å². The Hall–Kier alpha value is -2.28. The minimum Gasteiger partial charge on any atom is -0.508 e. The summed E-state index contributed by atoms with van der Waals surface area (Å²) in [7, 11) is 0. The number of aromatic hydroxyl groups is 1. The Balaban J connectivity index is 2.30. The lowest BCUT2D eigenvalue weighted by Gasteiger charge is -2.06. The molecule has 1 heteroatoms. The monoisotopic (exact) mass is 219 g/mol. The van der Waals surface area contributed by atoms with E-state index in [2.05, 4.69) is 24.3 Å². The van der Waals surface area contributed by atoms with Crippen LogP contribution in [-0.2, 0) is 0 Å². The number of phenolic OH excluding ortho intramolecular Hbond substituents is 1. The van der Waals surface area contributed by atoms with Gasteiger partial charge in [0.05, 0.1) is 0 Å². The number of hydrogen-bond donors (Lipinski definition) is 1. The highest BCUT2D eigenvalue weighted by atomic mass is 16.3. The number of benzene rings is 3. The number of hydrogen-bond acceptors (Lipinski definition) is 1. The zero-order chi connectivity index (χ0) is 11.7. The molecule has 3 aromatic carbocycles. The molecule has 0 aliphatic carbocycles. The lowest BCUT2D eigenvalue weighted by Crippen LogP contribution is -1.81. The van der Waals surface area contributed by atoms with Gasteiger partial charge in [0.15, 0.2) is 0 Å². The molecule has 1 N–H and O–H groups in total. The van der Waals surface area contributed by atoms with Gasteiger partial charge in [-0.25, -0.2) is 0 Å². The molecule has 0 aliphatic heterocycles. The van der Waals surface area contributed by atoms with Crippen LogP contribution in [0.5, 0.6) is 5.75 Å². The van der Waals surface area contributed by atoms with E-state index in [0.29, 0.717) is 0 Å². The Morgan fingerprint density at radius 1 is 0.882 bits per heavy atom. The summed E-state index contributed by atoms with van der Waals surface area (Å²) in [5.41, 5.74) is 2.01. The molecule has 1 nitrogen and oxygen atoms in total. The highest BCUT2D eigenvalue weighted by Gasteiger charge is 2.03. The summed E-state index contributed by atoms with van der Waals surface area (Å²) < 4.78 is 0. The molecular weight excluding hydrogens is 208 g/mol. The summed E-state index contributed by atoms with van der Waals surface area (Å²) in [6, 6.07) is 22.6. The van der Waals surface area contributed by atoms with Gasteiger partial charge >= 0.3 is 0 Å². The molecular formula is C16H11O. The fraction of sp³-hybridized carbons (Fsp3) is 0. The molecule has 0 heterocycles. The molecule has 81 valence electrons. The molecule has 0 aromatic heterocycles. The van der Waals surface area contributed by atoms with Gasteiger partial charge in [-0.2, -0.15) is 0 Å².